The molecule has 25 heavy (non-hydrogen) atoms. The number of nitrogen functional groups attached to an aromatic ring is 1. The topological polar surface area (TPSA) is 113 Å². The van der Waals surface area contributed by atoms with Gasteiger partial charge in [0.15, 0.2) is 5.82 Å². The second-order valence-electron chi connectivity index (χ2n) is 5.00. The lowest BCUT2D eigenvalue weighted by Crippen LogP contribution is -2.11. The van der Waals surface area contributed by atoms with Gasteiger partial charge in [0.1, 0.15) is 0 Å². The highest BCUT2D eigenvalue weighted by Gasteiger charge is 2.19. The SMILES string of the molecule is Nn1c(Sc2ccc([N+](=O)[O-])c3cccnc23)nnc1-c1cccs1. The van der Waals surface area contributed by atoms with E-state index in [1.54, 1.807) is 24.4 Å². The molecule has 3 aromatic heterocycles. The third-order valence-corrected chi connectivity index (χ3v) is 5.39. The number of nitro benzene ring substituents is 1. The zero-order valence-corrected chi connectivity index (χ0v) is 14.2. The van der Waals surface area contributed by atoms with E-state index < -0.39 is 4.92 Å². The third-order valence-electron chi connectivity index (χ3n) is 3.51. The number of rotatable bonds is 4. The quantitative estimate of drug-likeness (QED) is 0.333. The number of hydrogen-bond acceptors (Lipinski definition) is 8. The van der Waals surface area contributed by atoms with Crippen molar-refractivity contribution < 1.29 is 4.92 Å². The van der Waals surface area contributed by atoms with Gasteiger partial charge in [-0.1, -0.05) is 6.07 Å². The minimum Gasteiger partial charge on any atom is -0.335 e. The van der Waals surface area contributed by atoms with Gasteiger partial charge < -0.3 is 5.84 Å². The van der Waals surface area contributed by atoms with Crippen LogP contribution in [0, 0.1) is 10.1 Å². The van der Waals surface area contributed by atoms with Gasteiger partial charge in [0, 0.05) is 17.2 Å². The van der Waals surface area contributed by atoms with Crippen molar-refractivity contribution in [3.63, 3.8) is 0 Å². The summed E-state index contributed by atoms with van der Waals surface area (Å²) < 4.78 is 1.41. The van der Waals surface area contributed by atoms with E-state index in [-0.39, 0.29) is 5.69 Å². The molecule has 0 amide bonds. The van der Waals surface area contributed by atoms with Gasteiger partial charge in [0.05, 0.1) is 20.7 Å². The summed E-state index contributed by atoms with van der Waals surface area (Å²) in [5, 5.41) is 22.3. The van der Waals surface area contributed by atoms with E-state index in [1.807, 2.05) is 17.5 Å². The summed E-state index contributed by atoms with van der Waals surface area (Å²) in [5.74, 6) is 6.68. The highest BCUT2D eigenvalue weighted by atomic mass is 32.2. The average Bonchev–Trinajstić information content (AvgIpc) is 3.25. The van der Waals surface area contributed by atoms with Crippen LogP contribution in [0.4, 0.5) is 5.69 Å². The number of benzene rings is 1. The first kappa shape index (κ1) is 15.5. The predicted molar refractivity (Wildman–Crippen MR) is 96.0 cm³/mol. The molecule has 8 nitrogen and oxygen atoms in total. The van der Waals surface area contributed by atoms with E-state index in [0.29, 0.717) is 21.9 Å². The maximum atomic E-state index is 11.2. The van der Waals surface area contributed by atoms with Crippen LogP contribution in [0.5, 0.6) is 0 Å². The fourth-order valence-corrected chi connectivity index (χ4v) is 3.96. The normalized spacial score (nSPS) is 11.0. The molecule has 0 aliphatic heterocycles. The molecule has 4 aromatic rings. The molecular formula is C15H10N6O2S2. The summed E-state index contributed by atoms with van der Waals surface area (Å²) in [6, 6.07) is 10.3. The molecule has 2 N–H and O–H groups in total. The summed E-state index contributed by atoms with van der Waals surface area (Å²) in [6.07, 6.45) is 1.60. The Labute approximate surface area is 149 Å². The van der Waals surface area contributed by atoms with E-state index in [0.717, 1.165) is 9.77 Å². The Hall–Kier alpha value is -2.98. The lowest BCUT2D eigenvalue weighted by atomic mass is 10.2. The van der Waals surface area contributed by atoms with Crippen molar-refractivity contribution >= 4 is 39.7 Å². The molecule has 124 valence electrons. The second-order valence-corrected chi connectivity index (χ2v) is 6.95. The van der Waals surface area contributed by atoms with Crippen LogP contribution in [-0.2, 0) is 0 Å². The van der Waals surface area contributed by atoms with Crippen molar-refractivity contribution in [2.45, 2.75) is 10.1 Å². The van der Waals surface area contributed by atoms with E-state index in [4.69, 9.17) is 5.84 Å². The monoisotopic (exact) mass is 370 g/mol. The smallest absolute Gasteiger partial charge is 0.278 e. The summed E-state index contributed by atoms with van der Waals surface area (Å²) >= 11 is 2.78. The Morgan fingerprint density at radius 2 is 2.08 bits per heavy atom. The first-order valence-corrected chi connectivity index (χ1v) is 8.79. The van der Waals surface area contributed by atoms with E-state index >= 15 is 0 Å². The summed E-state index contributed by atoms with van der Waals surface area (Å²) in [5.41, 5.74) is 0.545. The van der Waals surface area contributed by atoms with Crippen LogP contribution in [0.15, 0.2) is 58.0 Å². The molecule has 0 radical (unpaired) electrons. The fraction of sp³-hybridized carbons (Fsp3) is 0. The van der Waals surface area contributed by atoms with Crippen LogP contribution in [0.25, 0.3) is 21.6 Å². The van der Waals surface area contributed by atoms with Crippen LogP contribution < -0.4 is 5.84 Å². The minimum atomic E-state index is -0.418. The first-order chi connectivity index (χ1) is 12.1. The van der Waals surface area contributed by atoms with Gasteiger partial charge in [-0.05, 0) is 41.4 Å². The van der Waals surface area contributed by atoms with Crippen molar-refractivity contribution in [2.24, 2.45) is 0 Å². The van der Waals surface area contributed by atoms with Gasteiger partial charge in [-0.15, -0.1) is 21.5 Å². The second kappa shape index (κ2) is 6.15. The zero-order chi connectivity index (χ0) is 17.4. The van der Waals surface area contributed by atoms with Crippen LogP contribution >= 0.6 is 23.1 Å². The molecule has 1 aromatic carbocycles. The molecule has 0 spiro atoms. The molecule has 0 saturated heterocycles. The molecular weight excluding hydrogens is 360 g/mol. The van der Waals surface area contributed by atoms with Gasteiger partial charge in [-0.2, -0.15) is 0 Å². The summed E-state index contributed by atoms with van der Waals surface area (Å²) in [7, 11) is 0. The van der Waals surface area contributed by atoms with Gasteiger partial charge in [0.2, 0.25) is 5.16 Å². The molecule has 0 bridgehead atoms. The number of hydrogen-bond donors (Lipinski definition) is 1. The third kappa shape index (κ3) is 2.71. The molecule has 0 saturated carbocycles. The number of nitrogens with zero attached hydrogens (tertiary/aromatic N) is 5. The van der Waals surface area contributed by atoms with Crippen LogP contribution in [0.3, 0.4) is 0 Å². The standard InChI is InChI=1S/C15H10N6O2S2/c16-20-14(12-4-2-8-24-12)18-19-15(20)25-11-6-5-10(21(22)23)9-3-1-7-17-13(9)11/h1-8H,16H2. The van der Waals surface area contributed by atoms with Crippen LogP contribution in [0.2, 0.25) is 0 Å². The number of nitrogens with two attached hydrogens (primary N) is 1. The van der Waals surface area contributed by atoms with Crippen molar-refractivity contribution in [3.8, 4) is 10.7 Å². The number of non-ortho nitro benzene ring substituents is 1. The molecule has 10 heteroatoms. The van der Waals surface area contributed by atoms with Gasteiger partial charge in [0.25, 0.3) is 5.69 Å². The van der Waals surface area contributed by atoms with Crippen molar-refractivity contribution in [3.05, 3.63) is 58.1 Å². The maximum absolute atomic E-state index is 11.2. The number of nitro groups is 1. The molecule has 0 unspecified atom stereocenters. The Kier molecular flexibility index (Phi) is 3.82. The number of thiophene rings is 1. The lowest BCUT2D eigenvalue weighted by Gasteiger charge is -2.06. The lowest BCUT2D eigenvalue weighted by molar-refractivity contribution is -0.383. The van der Waals surface area contributed by atoms with Crippen LogP contribution in [-0.4, -0.2) is 24.8 Å². The van der Waals surface area contributed by atoms with Gasteiger partial charge in [-0.25, -0.2) is 4.68 Å². The summed E-state index contributed by atoms with van der Waals surface area (Å²) in [6.45, 7) is 0. The zero-order valence-electron chi connectivity index (χ0n) is 12.6. The highest BCUT2D eigenvalue weighted by molar-refractivity contribution is 7.99. The summed E-state index contributed by atoms with van der Waals surface area (Å²) in [4.78, 5) is 16.7. The van der Waals surface area contributed by atoms with E-state index in [2.05, 4.69) is 15.2 Å². The highest BCUT2D eigenvalue weighted by Crippen LogP contribution is 2.36. The predicted octanol–water partition coefficient (Wildman–Crippen LogP) is 3.33. The molecule has 0 fully saturated rings. The Balaban J connectivity index is 1.78. The molecule has 0 aliphatic rings. The Morgan fingerprint density at radius 3 is 2.84 bits per heavy atom. The minimum absolute atomic E-state index is 0.0148. The molecule has 0 atom stereocenters. The van der Waals surface area contributed by atoms with Crippen molar-refractivity contribution in [1.29, 1.82) is 0 Å². The Bertz CT molecular complexity index is 1080. The van der Waals surface area contributed by atoms with Crippen LogP contribution in [0.1, 0.15) is 0 Å². The van der Waals surface area contributed by atoms with Crippen molar-refractivity contribution in [1.82, 2.24) is 19.9 Å². The number of fused-ring (bicyclic) bond motifs is 1. The maximum Gasteiger partial charge on any atom is 0.278 e. The fourth-order valence-electron chi connectivity index (χ4n) is 2.39. The average molecular weight is 370 g/mol. The van der Waals surface area contributed by atoms with Crippen molar-refractivity contribution in [2.75, 3.05) is 5.84 Å². The molecule has 0 aliphatic carbocycles. The largest absolute Gasteiger partial charge is 0.335 e. The van der Waals surface area contributed by atoms with E-state index in [9.17, 15) is 10.1 Å². The Morgan fingerprint density at radius 1 is 1.20 bits per heavy atom. The molecule has 4 rings (SSSR count). The van der Waals surface area contributed by atoms with E-state index in [1.165, 1.54) is 33.8 Å². The number of aromatic nitrogens is 4. The van der Waals surface area contributed by atoms with Gasteiger partial charge in [-0.3, -0.25) is 15.1 Å². The first-order valence-electron chi connectivity index (χ1n) is 7.09. The number of pyridine rings is 1. The van der Waals surface area contributed by atoms with Gasteiger partial charge >= 0.3 is 0 Å². The molecule has 3 heterocycles.